The maximum absolute atomic E-state index is 10.8. The number of aliphatic hydroxyl groups excluding tert-OH is 1. The van der Waals surface area contributed by atoms with Gasteiger partial charge < -0.3 is 14.9 Å². The van der Waals surface area contributed by atoms with Crippen molar-refractivity contribution in [2.45, 2.75) is 6.54 Å². The number of pyridine rings is 1. The molecular weight excluding hydrogens is 236 g/mol. The van der Waals surface area contributed by atoms with Crippen LogP contribution in [0.25, 0.3) is 0 Å². The first kappa shape index (κ1) is 14.6. The fraction of sp³-hybridized carbons (Fsp3) is 0.500. The summed E-state index contributed by atoms with van der Waals surface area (Å²) >= 11 is 0. The molecule has 0 spiro atoms. The SMILES string of the molecule is CN(CCOCCO)Cc1cccc(C(=O)O)n1. The highest BCUT2D eigenvalue weighted by Gasteiger charge is 2.06. The van der Waals surface area contributed by atoms with Crippen molar-refractivity contribution >= 4 is 5.97 Å². The van der Waals surface area contributed by atoms with Gasteiger partial charge >= 0.3 is 5.97 Å². The summed E-state index contributed by atoms with van der Waals surface area (Å²) in [4.78, 5) is 16.8. The van der Waals surface area contributed by atoms with Crippen LogP contribution in [-0.4, -0.2) is 59.5 Å². The lowest BCUT2D eigenvalue weighted by atomic mass is 10.3. The van der Waals surface area contributed by atoms with Crippen molar-refractivity contribution in [3.05, 3.63) is 29.6 Å². The van der Waals surface area contributed by atoms with Crippen molar-refractivity contribution in [2.24, 2.45) is 0 Å². The van der Waals surface area contributed by atoms with E-state index in [1.807, 2.05) is 11.9 Å². The molecule has 0 amide bonds. The van der Waals surface area contributed by atoms with Crippen molar-refractivity contribution < 1.29 is 19.7 Å². The molecule has 1 heterocycles. The third-order valence-electron chi connectivity index (χ3n) is 2.31. The summed E-state index contributed by atoms with van der Waals surface area (Å²) in [5.41, 5.74) is 0.761. The average Bonchev–Trinajstić information content (AvgIpc) is 2.35. The topological polar surface area (TPSA) is 82.9 Å². The zero-order valence-electron chi connectivity index (χ0n) is 10.4. The number of ether oxygens (including phenoxy) is 1. The lowest BCUT2D eigenvalue weighted by Crippen LogP contribution is -2.24. The van der Waals surface area contributed by atoms with Gasteiger partial charge in [-0.25, -0.2) is 9.78 Å². The highest BCUT2D eigenvalue weighted by atomic mass is 16.5. The third-order valence-corrected chi connectivity index (χ3v) is 2.31. The van der Waals surface area contributed by atoms with Gasteiger partial charge in [-0.1, -0.05) is 6.07 Å². The molecule has 0 unspecified atom stereocenters. The van der Waals surface area contributed by atoms with E-state index in [9.17, 15) is 4.79 Å². The highest BCUT2D eigenvalue weighted by Crippen LogP contribution is 2.02. The molecule has 1 aromatic rings. The second-order valence-electron chi connectivity index (χ2n) is 3.89. The van der Waals surface area contributed by atoms with Crippen LogP contribution >= 0.6 is 0 Å². The Hall–Kier alpha value is -1.50. The lowest BCUT2D eigenvalue weighted by Gasteiger charge is -2.16. The Morgan fingerprint density at radius 3 is 2.89 bits per heavy atom. The minimum Gasteiger partial charge on any atom is -0.477 e. The number of hydrogen-bond acceptors (Lipinski definition) is 5. The molecule has 18 heavy (non-hydrogen) atoms. The van der Waals surface area contributed by atoms with E-state index in [0.717, 1.165) is 0 Å². The van der Waals surface area contributed by atoms with Crippen LogP contribution in [-0.2, 0) is 11.3 Å². The van der Waals surface area contributed by atoms with Crippen LogP contribution in [0.4, 0.5) is 0 Å². The Kier molecular flexibility index (Phi) is 6.27. The largest absolute Gasteiger partial charge is 0.477 e. The normalized spacial score (nSPS) is 10.8. The van der Waals surface area contributed by atoms with Gasteiger partial charge in [-0.2, -0.15) is 0 Å². The lowest BCUT2D eigenvalue weighted by molar-refractivity contribution is 0.0689. The van der Waals surface area contributed by atoms with Crippen molar-refractivity contribution in [3.63, 3.8) is 0 Å². The molecule has 0 bridgehead atoms. The van der Waals surface area contributed by atoms with Crippen LogP contribution in [0.2, 0.25) is 0 Å². The van der Waals surface area contributed by atoms with E-state index in [1.165, 1.54) is 6.07 Å². The van der Waals surface area contributed by atoms with Crippen LogP contribution in [0.1, 0.15) is 16.2 Å². The molecule has 0 aromatic carbocycles. The van der Waals surface area contributed by atoms with Gasteiger partial charge in [0.2, 0.25) is 0 Å². The number of carboxylic acid groups (broad SMARTS) is 1. The van der Waals surface area contributed by atoms with Gasteiger partial charge in [0, 0.05) is 13.1 Å². The van der Waals surface area contributed by atoms with Crippen LogP contribution in [0.15, 0.2) is 18.2 Å². The first-order chi connectivity index (χ1) is 8.63. The number of aromatic nitrogens is 1. The number of carboxylic acids is 1. The molecule has 0 aliphatic carbocycles. The average molecular weight is 254 g/mol. The summed E-state index contributed by atoms with van der Waals surface area (Å²) in [5.74, 6) is -1.02. The molecule has 0 aliphatic heterocycles. The van der Waals surface area contributed by atoms with Gasteiger partial charge in [0.25, 0.3) is 0 Å². The van der Waals surface area contributed by atoms with Gasteiger partial charge in [-0.3, -0.25) is 4.90 Å². The van der Waals surface area contributed by atoms with Crippen molar-refractivity contribution in [3.8, 4) is 0 Å². The Labute approximate surface area is 106 Å². The van der Waals surface area contributed by atoms with E-state index in [1.54, 1.807) is 12.1 Å². The molecule has 6 heteroatoms. The number of likely N-dealkylation sites (N-methyl/N-ethyl adjacent to an activating group) is 1. The maximum atomic E-state index is 10.8. The summed E-state index contributed by atoms with van der Waals surface area (Å²) in [7, 11) is 1.90. The summed E-state index contributed by atoms with van der Waals surface area (Å²) < 4.78 is 5.15. The molecule has 1 rings (SSSR count). The molecule has 0 fully saturated rings. The van der Waals surface area contributed by atoms with Crippen molar-refractivity contribution in [2.75, 3.05) is 33.4 Å². The minimum atomic E-state index is -1.02. The molecule has 0 radical (unpaired) electrons. The van der Waals surface area contributed by atoms with E-state index in [0.29, 0.717) is 32.0 Å². The van der Waals surface area contributed by atoms with E-state index >= 15 is 0 Å². The summed E-state index contributed by atoms with van der Waals surface area (Å²) in [6.07, 6.45) is 0. The molecule has 2 N–H and O–H groups in total. The standard InChI is InChI=1S/C12H18N2O4/c1-14(5-7-18-8-6-15)9-10-3-2-4-11(13-10)12(16)17/h2-4,15H,5-9H2,1H3,(H,16,17). The highest BCUT2D eigenvalue weighted by molar-refractivity contribution is 5.85. The molecule has 100 valence electrons. The van der Waals surface area contributed by atoms with E-state index in [-0.39, 0.29) is 12.3 Å². The number of nitrogens with zero attached hydrogens (tertiary/aromatic N) is 2. The fourth-order valence-electron chi connectivity index (χ4n) is 1.43. The van der Waals surface area contributed by atoms with Gasteiger partial charge in [-0.15, -0.1) is 0 Å². The van der Waals surface area contributed by atoms with Gasteiger partial charge in [0.15, 0.2) is 0 Å². The molecule has 0 saturated heterocycles. The van der Waals surface area contributed by atoms with Gasteiger partial charge in [-0.05, 0) is 19.2 Å². The molecule has 0 saturated carbocycles. The zero-order chi connectivity index (χ0) is 13.4. The number of aliphatic hydroxyl groups is 1. The van der Waals surface area contributed by atoms with E-state index in [2.05, 4.69) is 4.98 Å². The minimum absolute atomic E-state index is 0.0198. The monoisotopic (exact) mass is 254 g/mol. The van der Waals surface area contributed by atoms with Crippen molar-refractivity contribution in [1.29, 1.82) is 0 Å². The van der Waals surface area contributed by atoms with E-state index < -0.39 is 5.97 Å². The first-order valence-corrected chi connectivity index (χ1v) is 5.70. The van der Waals surface area contributed by atoms with Crippen molar-refractivity contribution in [1.82, 2.24) is 9.88 Å². The smallest absolute Gasteiger partial charge is 0.354 e. The molecule has 0 aliphatic rings. The maximum Gasteiger partial charge on any atom is 0.354 e. The quantitative estimate of drug-likeness (QED) is 0.646. The second kappa shape index (κ2) is 7.75. The molecule has 0 atom stereocenters. The summed E-state index contributed by atoms with van der Waals surface area (Å²) in [5, 5.41) is 17.4. The number of rotatable bonds is 8. The Morgan fingerprint density at radius 2 is 2.22 bits per heavy atom. The first-order valence-electron chi connectivity index (χ1n) is 5.70. The Morgan fingerprint density at radius 1 is 1.44 bits per heavy atom. The predicted octanol–water partition coefficient (Wildman–Crippen LogP) is 0.220. The Bertz CT molecular complexity index is 384. The van der Waals surface area contributed by atoms with Crippen LogP contribution in [0.5, 0.6) is 0 Å². The number of carbonyl (C=O) groups is 1. The van der Waals surface area contributed by atoms with Gasteiger partial charge in [0.05, 0.1) is 25.5 Å². The van der Waals surface area contributed by atoms with Gasteiger partial charge in [0.1, 0.15) is 5.69 Å². The van der Waals surface area contributed by atoms with Crippen LogP contribution in [0, 0.1) is 0 Å². The molecular formula is C12H18N2O4. The predicted molar refractivity (Wildman–Crippen MR) is 65.4 cm³/mol. The van der Waals surface area contributed by atoms with Crippen LogP contribution < -0.4 is 0 Å². The number of aromatic carboxylic acids is 1. The van der Waals surface area contributed by atoms with Crippen LogP contribution in [0.3, 0.4) is 0 Å². The third kappa shape index (κ3) is 5.22. The summed E-state index contributed by atoms with van der Waals surface area (Å²) in [6, 6.07) is 4.94. The fourth-order valence-corrected chi connectivity index (χ4v) is 1.43. The zero-order valence-corrected chi connectivity index (χ0v) is 10.4. The number of hydrogen-bond donors (Lipinski definition) is 2. The Balaban J connectivity index is 2.41. The molecule has 1 aromatic heterocycles. The van der Waals surface area contributed by atoms with E-state index in [4.69, 9.17) is 14.9 Å². The second-order valence-corrected chi connectivity index (χ2v) is 3.89. The molecule has 6 nitrogen and oxygen atoms in total. The summed E-state index contributed by atoms with van der Waals surface area (Å²) in [6.45, 7) is 2.13.